The molecule has 0 saturated carbocycles. The molecule has 0 spiro atoms. The van der Waals surface area contributed by atoms with Gasteiger partial charge < -0.3 is 14.8 Å². The monoisotopic (exact) mass is 299 g/mol. The van der Waals surface area contributed by atoms with Gasteiger partial charge in [0.05, 0.1) is 12.8 Å². The highest BCUT2D eigenvalue weighted by Gasteiger charge is 2.18. The van der Waals surface area contributed by atoms with E-state index in [4.69, 9.17) is 9.47 Å². The Morgan fingerprint density at radius 1 is 0.909 bits per heavy atom. The number of ether oxygens (including phenoxy) is 2. The Morgan fingerprint density at radius 2 is 1.55 bits per heavy atom. The molecule has 0 unspecified atom stereocenters. The molecule has 0 aromatic heterocycles. The minimum absolute atomic E-state index is 0.0761. The van der Waals surface area contributed by atoms with Gasteiger partial charge >= 0.3 is 0 Å². The molecule has 0 saturated heterocycles. The lowest BCUT2D eigenvalue weighted by Crippen LogP contribution is -2.16. The average molecular weight is 299 g/mol. The van der Waals surface area contributed by atoms with Gasteiger partial charge in [-0.05, 0) is 29.2 Å². The van der Waals surface area contributed by atoms with Gasteiger partial charge in [0.25, 0.3) is 0 Å². The van der Waals surface area contributed by atoms with Gasteiger partial charge in [0, 0.05) is 6.54 Å². The highest BCUT2D eigenvalue weighted by molar-refractivity contribution is 5.56. The first kappa shape index (κ1) is 16.2. The zero-order valence-electron chi connectivity index (χ0n) is 13.8. The molecule has 0 bridgehead atoms. The fourth-order valence-electron chi connectivity index (χ4n) is 2.35. The van der Waals surface area contributed by atoms with Gasteiger partial charge in [-0.3, -0.25) is 0 Å². The molecule has 118 valence electrons. The molecule has 1 N–H and O–H groups in total. The lowest BCUT2D eigenvalue weighted by Gasteiger charge is -2.22. The third kappa shape index (κ3) is 4.17. The first-order valence-corrected chi connectivity index (χ1v) is 7.61. The predicted molar refractivity (Wildman–Crippen MR) is 92.1 cm³/mol. The lowest BCUT2D eigenvalue weighted by atomic mass is 9.86. The number of rotatable bonds is 6. The van der Waals surface area contributed by atoms with Crippen LogP contribution in [0.5, 0.6) is 11.5 Å². The van der Waals surface area contributed by atoms with E-state index in [9.17, 15) is 0 Å². The number of methoxy groups -OCH3 is 1. The van der Waals surface area contributed by atoms with Crippen molar-refractivity contribution in [2.24, 2.45) is 0 Å². The zero-order chi connectivity index (χ0) is 16.0. The molecule has 0 atom stereocenters. The van der Waals surface area contributed by atoms with Gasteiger partial charge in [-0.25, -0.2) is 0 Å². The van der Waals surface area contributed by atoms with Crippen LogP contribution in [0.3, 0.4) is 0 Å². The van der Waals surface area contributed by atoms with E-state index >= 15 is 0 Å². The Morgan fingerprint density at radius 3 is 2.23 bits per heavy atom. The summed E-state index contributed by atoms with van der Waals surface area (Å²) in [6.45, 7) is 7.91. The van der Waals surface area contributed by atoms with Crippen molar-refractivity contribution in [3.05, 3.63) is 54.1 Å². The molecular formula is C19H25NO2. The quantitative estimate of drug-likeness (QED) is 0.798. The van der Waals surface area contributed by atoms with Crippen molar-refractivity contribution in [3.8, 4) is 11.5 Å². The smallest absolute Gasteiger partial charge is 0.141 e. The fourth-order valence-corrected chi connectivity index (χ4v) is 2.35. The molecule has 22 heavy (non-hydrogen) atoms. The minimum atomic E-state index is 0.0761. The van der Waals surface area contributed by atoms with Crippen molar-refractivity contribution in [3.63, 3.8) is 0 Å². The Kier molecular flexibility index (Phi) is 5.31. The van der Waals surface area contributed by atoms with E-state index in [2.05, 4.69) is 38.2 Å². The summed E-state index contributed by atoms with van der Waals surface area (Å²) in [6.07, 6.45) is 0. The number of anilines is 1. The molecular weight excluding hydrogens is 274 g/mol. The van der Waals surface area contributed by atoms with Crippen molar-refractivity contribution in [2.75, 3.05) is 25.6 Å². The summed E-state index contributed by atoms with van der Waals surface area (Å²) >= 11 is 0. The van der Waals surface area contributed by atoms with Crippen LogP contribution in [0.25, 0.3) is 0 Å². The lowest BCUT2D eigenvalue weighted by molar-refractivity contribution is 0.323. The molecule has 2 aromatic carbocycles. The summed E-state index contributed by atoms with van der Waals surface area (Å²) < 4.78 is 11.3. The summed E-state index contributed by atoms with van der Waals surface area (Å²) in [4.78, 5) is 0. The van der Waals surface area contributed by atoms with E-state index in [1.165, 1.54) is 5.56 Å². The number of hydrogen-bond donors (Lipinski definition) is 1. The molecule has 2 aromatic rings. The van der Waals surface area contributed by atoms with Crippen molar-refractivity contribution in [1.29, 1.82) is 0 Å². The molecule has 3 heteroatoms. The van der Waals surface area contributed by atoms with Gasteiger partial charge in [0.2, 0.25) is 0 Å². The first-order chi connectivity index (χ1) is 10.5. The van der Waals surface area contributed by atoms with Gasteiger partial charge in [-0.1, -0.05) is 51.1 Å². The SMILES string of the molecule is COc1ccccc1NCCOc1ccccc1C(C)(C)C. The fraction of sp³-hybridized carbons (Fsp3) is 0.368. The summed E-state index contributed by atoms with van der Waals surface area (Å²) in [5, 5.41) is 3.34. The Labute approximate surface area is 133 Å². The van der Waals surface area contributed by atoms with Crippen LogP contribution in [-0.4, -0.2) is 20.3 Å². The van der Waals surface area contributed by atoms with Crippen LogP contribution in [0.4, 0.5) is 5.69 Å². The maximum Gasteiger partial charge on any atom is 0.141 e. The zero-order valence-corrected chi connectivity index (χ0v) is 13.8. The molecule has 0 aliphatic heterocycles. The standard InChI is InChI=1S/C19H25NO2/c1-19(2,3)15-9-5-7-11-17(15)22-14-13-20-16-10-6-8-12-18(16)21-4/h5-12,20H,13-14H2,1-4H3. The van der Waals surface area contributed by atoms with Gasteiger partial charge in [0.15, 0.2) is 0 Å². The largest absolute Gasteiger partial charge is 0.495 e. The molecule has 0 aliphatic rings. The normalized spacial score (nSPS) is 11.1. The molecule has 0 heterocycles. The third-order valence-corrected chi connectivity index (χ3v) is 3.48. The maximum atomic E-state index is 5.96. The summed E-state index contributed by atoms with van der Waals surface area (Å²) in [7, 11) is 1.68. The average Bonchev–Trinajstić information content (AvgIpc) is 2.51. The van der Waals surface area contributed by atoms with Crippen LogP contribution in [-0.2, 0) is 5.41 Å². The van der Waals surface area contributed by atoms with Gasteiger partial charge in [-0.15, -0.1) is 0 Å². The first-order valence-electron chi connectivity index (χ1n) is 7.61. The molecule has 0 aliphatic carbocycles. The number of nitrogens with one attached hydrogen (secondary N) is 1. The van der Waals surface area contributed by atoms with E-state index in [-0.39, 0.29) is 5.41 Å². The Balaban J connectivity index is 1.92. The van der Waals surface area contributed by atoms with Crippen molar-refractivity contribution >= 4 is 5.69 Å². The Hall–Kier alpha value is -2.16. The maximum absolute atomic E-state index is 5.96. The molecule has 0 fully saturated rings. The predicted octanol–water partition coefficient (Wildman–Crippen LogP) is 4.48. The topological polar surface area (TPSA) is 30.5 Å². The van der Waals surface area contributed by atoms with Crippen LogP contribution in [0.1, 0.15) is 26.3 Å². The van der Waals surface area contributed by atoms with E-state index in [0.29, 0.717) is 6.61 Å². The highest BCUT2D eigenvalue weighted by atomic mass is 16.5. The number of hydrogen-bond acceptors (Lipinski definition) is 3. The molecule has 0 radical (unpaired) electrons. The number of para-hydroxylation sites is 3. The van der Waals surface area contributed by atoms with Crippen molar-refractivity contribution in [2.45, 2.75) is 26.2 Å². The van der Waals surface area contributed by atoms with E-state index < -0.39 is 0 Å². The van der Waals surface area contributed by atoms with E-state index in [1.54, 1.807) is 7.11 Å². The highest BCUT2D eigenvalue weighted by Crippen LogP contribution is 2.31. The van der Waals surface area contributed by atoms with Gasteiger partial charge in [-0.2, -0.15) is 0 Å². The van der Waals surface area contributed by atoms with E-state index in [1.807, 2.05) is 36.4 Å². The van der Waals surface area contributed by atoms with Crippen LogP contribution >= 0.6 is 0 Å². The second-order valence-corrected chi connectivity index (χ2v) is 6.22. The Bertz CT molecular complexity index is 602. The summed E-state index contributed by atoms with van der Waals surface area (Å²) in [5.74, 6) is 1.80. The van der Waals surface area contributed by atoms with Crippen LogP contribution < -0.4 is 14.8 Å². The van der Waals surface area contributed by atoms with Crippen molar-refractivity contribution in [1.82, 2.24) is 0 Å². The van der Waals surface area contributed by atoms with Crippen LogP contribution in [0.15, 0.2) is 48.5 Å². The van der Waals surface area contributed by atoms with E-state index in [0.717, 1.165) is 23.7 Å². The summed E-state index contributed by atoms with van der Waals surface area (Å²) in [6, 6.07) is 16.1. The molecule has 2 rings (SSSR count). The third-order valence-electron chi connectivity index (χ3n) is 3.48. The summed E-state index contributed by atoms with van der Waals surface area (Å²) in [5.41, 5.74) is 2.29. The van der Waals surface area contributed by atoms with Crippen molar-refractivity contribution < 1.29 is 9.47 Å². The molecule has 0 amide bonds. The van der Waals surface area contributed by atoms with Crippen LogP contribution in [0.2, 0.25) is 0 Å². The van der Waals surface area contributed by atoms with Crippen LogP contribution in [0, 0.1) is 0 Å². The second kappa shape index (κ2) is 7.21. The second-order valence-electron chi connectivity index (χ2n) is 6.22. The number of benzene rings is 2. The molecule has 3 nitrogen and oxygen atoms in total. The van der Waals surface area contributed by atoms with Gasteiger partial charge in [0.1, 0.15) is 18.1 Å². The minimum Gasteiger partial charge on any atom is -0.495 e.